The molecule has 0 aromatic rings. The van der Waals surface area contributed by atoms with Crippen LogP contribution >= 0.6 is 0 Å². The standard InChI is InChI=1S/C15H32N2O2S/c1-4-6-12-17(14(3)5-2)20(18,19)13-8-7-11-16-15-9-10-15/h14-16H,4-13H2,1-3H3. The fourth-order valence-electron chi connectivity index (χ4n) is 2.27. The minimum atomic E-state index is -3.09. The van der Waals surface area contributed by atoms with Crippen LogP contribution in [0, 0.1) is 0 Å². The Labute approximate surface area is 125 Å². The third-order valence-corrected chi connectivity index (χ3v) is 6.07. The average molecular weight is 304 g/mol. The predicted molar refractivity (Wildman–Crippen MR) is 85.4 cm³/mol. The van der Waals surface area contributed by atoms with Gasteiger partial charge in [0.1, 0.15) is 0 Å². The van der Waals surface area contributed by atoms with Crippen molar-refractivity contribution >= 4 is 10.0 Å². The molecule has 0 amide bonds. The summed E-state index contributed by atoms with van der Waals surface area (Å²) in [6.07, 6.45) is 7.17. The lowest BCUT2D eigenvalue weighted by Gasteiger charge is -2.27. The van der Waals surface area contributed by atoms with Crippen molar-refractivity contribution in [2.75, 3.05) is 18.8 Å². The first-order chi connectivity index (χ1) is 9.51. The number of nitrogens with one attached hydrogen (secondary N) is 1. The van der Waals surface area contributed by atoms with E-state index in [1.807, 2.05) is 6.92 Å². The number of nitrogens with zero attached hydrogens (tertiary/aromatic N) is 1. The van der Waals surface area contributed by atoms with Gasteiger partial charge in [0.15, 0.2) is 0 Å². The van der Waals surface area contributed by atoms with Crippen molar-refractivity contribution in [1.82, 2.24) is 9.62 Å². The van der Waals surface area contributed by atoms with Crippen LogP contribution in [0.25, 0.3) is 0 Å². The molecule has 5 heteroatoms. The molecular formula is C15H32N2O2S. The van der Waals surface area contributed by atoms with E-state index in [4.69, 9.17) is 0 Å². The molecule has 0 spiro atoms. The molecule has 0 bridgehead atoms. The SMILES string of the molecule is CCCCN(C(C)CC)S(=O)(=O)CCCCNC1CC1. The van der Waals surface area contributed by atoms with Gasteiger partial charge in [0.05, 0.1) is 5.75 Å². The summed E-state index contributed by atoms with van der Waals surface area (Å²) < 4.78 is 26.6. The fourth-order valence-corrected chi connectivity index (χ4v) is 4.18. The van der Waals surface area contributed by atoms with E-state index in [0.29, 0.717) is 18.3 Å². The molecule has 4 nitrogen and oxygen atoms in total. The molecule has 1 rings (SSSR count). The maximum Gasteiger partial charge on any atom is 0.214 e. The highest BCUT2D eigenvalue weighted by Crippen LogP contribution is 2.18. The number of hydrogen-bond donors (Lipinski definition) is 1. The second-order valence-corrected chi connectivity index (χ2v) is 8.01. The molecule has 0 heterocycles. The monoisotopic (exact) mass is 304 g/mol. The minimum Gasteiger partial charge on any atom is -0.314 e. The zero-order valence-corrected chi connectivity index (χ0v) is 14.2. The molecule has 1 N–H and O–H groups in total. The predicted octanol–water partition coefficient (Wildman–Crippen LogP) is 2.75. The van der Waals surface area contributed by atoms with E-state index in [1.165, 1.54) is 12.8 Å². The molecule has 120 valence electrons. The molecular weight excluding hydrogens is 272 g/mol. The van der Waals surface area contributed by atoms with E-state index in [9.17, 15) is 8.42 Å². The average Bonchev–Trinajstić information content (AvgIpc) is 3.22. The van der Waals surface area contributed by atoms with E-state index in [1.54, 1.807) is 4.31 Å². The minimum absolute atomic E-state index is 0.121. The molecule has 0 saturated heterocycles. The Bertz CT molecular complexity index is 353. The molecule has 0 aliphatic heterocycles. The Morgan fingerprint density at radius 3 is 2.45 bits per heavy atom. The fraction of sp³-hybridized carbons (Fsp3) is 1.00. The van der Waals surface area contributed by atoms with Gasteiger partial charge in [-0.3, -0.25) is 0 Å². The van der Waals surface area contributed by atoms with Crippen LogP contribution in [0.2, 0.25) is 0 Å². The molecule has 0 aromatic carbocycles. The smallest absolute Gasteiger partial charge is 0.214 e. The van der Waals surface area contributed by atoms with Crippen LogP contribution in [-0.4, -0.2) is 43.6 Å². The molecule has 1 fully saturated rings. The van der Waals surface area contributed by atoms with Crippen LogP contribution in [0.5, 0.6) is 0 Å². The van der Waals surface area contributed by atoms with E-state index < -0.39 is 10.0 Å². The number of rotatable bonds is 12. The zero-order valence-electron chi connectivity index (χ0n) is 13.4. The summed E-state index contributed by atoms with van der Waals surface area (Å²) >= 11 is 0. The van der Waals surface area contributed by atoms with Gasteiger partial charge < -0.3 is 5.32 Å². The van der Waals surface area contributed by atoms with E-state index in [0.717, 1.165) is 38.6 Å². The van der Waals surface area contributed by atoms with Crippen molar-refractivity contribution in [3.8, 4) is 0 Å². The Morgan fingerprint density at radius 2 is 1.90 bits per heavy atom. The van der Waals surface area contributed by atoms with Gasteiger partial charge in [-0.2, -0.15) is 4.31 Å². The Kier molecular flexibility index (Phi) is 8.07. The van der Waals surface area contributed by atoms with Crippen LogP contribution < -0.4 is 5.32 Å². The van der Waals surface area contributed by atoms with Gasteiger partial charge >= 0.3 is 0 Å². The highest BCUT2D eigenvalue weighted by molar-refractivity contribution is 7.89. The lowest BCUT2D eigenvalue weighted by Crippen LogP contribution is -2.40. The Hall–Kier alpha value is -0.130. The van der Waals surface area contributed by atoms with Crippen molar-refractivity contribution in [3.05, 3.63) is 0 Å². The normalized spacial score (nSPS) is 17.6. The van der Waals surface area contributed by atoms with Gasteiger partial charge in [-0.1, -0.05) is 20.3 Å². The summed E-state index contributed by atoms with van der Waals surface area (Å²) in [5, 5.41) is 3.43. The summed E-state index contributed by atoms with van der Waals surface area (Å²) in [7, 11) is -3.09. The van der Waals surface area contributed by atoms with Gasteiger partial charge in [-0.25, -0.2) is 8.42 Å². The summed E-state index contributed by atoms with van der Waals surface area (Å²) in [6.45, 7) is 7.80. The van der Waals surface area contributed by atoms with Gasteiger partial charge in [0, 0.05) is 18.6 Å². The van der Waals surface area contributed by atoms with Crippen LogP contribution in [0.4, 0.5) is 0 Å². The molecule has 1 aliphatic carbocycles. The van der Waals surface area contributed by atoms with Crippen molar-refractivity contribution < 1.29 is 8.42 Å². The number of unbranched alkanes of at least 4 members (excludes halogenated alkanes) is 2. The maximum atomic E-state index is 12.5. The highest BCUT2D eigenvalue weighted by Gasteiger charge is 2.25. The first-order valence-corrected chi connectivity index (χ1v) is 9.85. The summed E-state index contributed by atoms with van der Waals surface area (Å²) in [5.74, 6) is 0.299. The van der Waals surface area contributed by atoms with Gasteiger partial charge in [-0.15, -0.1) is 0 Å². The molecule has 1 aliphatic rings. The molecule has 20 heavy (non-hydrogen) atoms. The Balaban J connectivity index is 2.35. The molecule has 1 saturated carbocycles. The van der Waals surface area contributed by atoms with Crippen LogP contribution in [-0.2, 0) is 10.0 Å². The highest BCUT2D eigenvalue weighted by atomic mass is 32.2. The topological polar surface area (TPSA) is 49.4 Å². The molecule has 1 atom stereocenters. The van der Waals surface area contributed by atoms with Crippen molar-refractivity contribution in [2.24, 2.45) is 0 Å². The molecule has 1 unspecified atom stereocenters. The van der Waals surface area contributed by atoms with E-state index in [2.05, 4.69) is 19.2 Å². The van der Waals surface area contributed by atoms with Crippen LogP contribution in [0.15, 0.2) is 0 Å². The second-order valence-electron chi connectivity index (χ2n) is 5.97. The second kappa shape index (κ2) is 9.00. The largest absolute Gasteiger partial charge is 0.314 e. The summed E-state index contributed by atoms with van der Waals surface area (Å²) in [5.41, 5.74) is 0. The quantitative estimate of drug-likeness (QED) is 0.564. The summed E-state index contributed by atoms with van der Waals surface area (Å²) in [6, 6.07) is 0.837. The third-order valence-electron chi connectivity index (χ3n) is 4.01. The Morgan fingerprint density at radius 1 is 1.20 bits per heavy atom. The zero-order chi connectivity index (χ0) is 15.0. The molecule has 0 aromatic heterocycles. The van der Waals surface area contributed by atoms with Crippen molar-refractivity contribution in [3.63, 3.8) is 0 Å². The van der Waals surface area contributed by atoms with E-state index in [-0.39, 0.29) is 6.04 Å². The van der Waals surface area contributed by atoms with Gasteiger partial charge in [-0.05, 0) is 52.0 Å². The van der Waals surface area contributed by atoms with E-state index >= 15 is 0 Å². The van der Waals surface area contributed by atoms with Gasteiger partial charge in [0.2, 0.25) is 10.0 Å². The third kappa shape index (κ3) is 6.55. The van der Waals surface area contributed by atoms with Gasteiger partial charge in [0.25, 0.3) is 0 Å². The van der Waals surface area contributed by atoms with Crippen LogP contribution in [0.3, 0.4) is 0 Å². The lowest BCUT2D eigenvalue weighted by molar-refractivity contribution is 0.323. The maximum absolute atomic E-state index is 12.5. The molecule has 0 radical (unpaired) electrons. The summed E-state index contributed by atoms with van der Waals surface area (Å²) in [4.78, 5) is 0. The first kappa shape index (κ1) is 17.9. The number of sulfonamides is 1. The first-order valence-electron chi connectivity index (χ1n) is 8.24. The van der Waals surface area contributed by atoms with Crippen molar-refractivity contribution in [2.45, 2.75) is 77.8 Å². The lowest BCUT2D eigenvalue weighted by atomic mass is 10.2. The van der Waals surface area contributed by atoms with Crippen LogP contribution in [0.1, 0.15) is 65.7 Å². The van der Waals surface area contributed by atoms with Crippen molar-refractivity contribution in [1.29, 1.82) is 0 Å². The number of hydrogen-bond acceptors (Lipinski definition) is 3.